The molecular weight excluding hydrogens is 432 g/mol. The van der Waals surface area contributed by atoms with Crippen molar-refractivity contribution < 1.29 is 19.1 Å². The van der Waals surface area contributed by atoms with Gasteiger partial charge in [-0.2, -0.15) is 0 Å². The number of amides is 2. The molecule has 0 unspecified atom stereocenters. The SMILES string of the molecule is C=CC(=O)N1CCC(Nc2cnc(Oc3ccc(Oc4ccccc4)cc3)c(C(N)=O)c2)CC1. The van der Waals surface area contributed by atoms with E-state index in [1.807, 2.05) is 30.3 Å². The number of ether oxygens (including phenoxy) is 2. The van der Waals surface area contributed by atoms with Gasteiger partial charge in [0.15, 0.2) is 0 Å². The Kier molecular flexibility index (Phi) is 7.07. The first kappa shape index (κ1) is 22.8. The molecular formula is C26H26N4O4. The number of benzene rings is 2. The Morgan fingerprint density at radius 1 is 1.00 bits per heavy atom. The van der Waals surface area contributed by atoms with Gasteiger partial charge in [0.25, 0.3) is 5.91 Å². The number of aromatic nitrogens is 1. The van der Waals surface area contributed by atoms with Gasteiger partial charge in [-0.1, -0.05) is 24.8 Å². The van der Waals surface area contributed by atoms with Crippen LogP contribution in [0.3, 0.4) is 0 Å². The quantitative estimate of drug-likeness (QED) is 0.486. The maximum Gasteiger partial charge on any atom is 0.254 e. The van der Waals surface area contributed by atoms with Crippen molar-refractivity contribution in [3.05, 3.63) is 85.1 Å². The molecule has 1 aliphatic rings. The molecule has 174 valence electrons. The van der Waals surface area contributed by atoms with Crippen LogP contribution in [0.1, 0.15) is 23.2 Å². The third-order valence-electron chi connectivity index (χ3n) is 5.49. The van der Waals surface area contributed by atoms with E-state index in [0.717, 1.165) is 18.6 Å². The topological polar surface area (TPSA) is 107 Å². The van der Waals surface area contributed by atoms with E-state index in [9.17, 15) is 9.59 Å². The Bertz CT molecular complexity index is 1160. The van der Waals surface area contributed by atoms with Crippen LogP contribution in [0.15, 0.2) is 79.5 Å². The van der Waals surface area contributed by atoms with Gasteiger partial charge < -0.3 is 25.4 Å². The van der Waals surface area contributed by atoms with Crippen LogP contribution < -0.4 is 20.5 Å². The van der Waals surface area contributed by atoms with Gasteiger partial charge in [0.1, 0.15) is 22.8 Å². The van der Waals surface area contributed by atoms with E-state index in [0.29, 0.717) is 30.3 Å². The molecule has 8 heteroatoms. The van der Waals surface area contributed by atoms with Crippen LogP contribution in [-0.2, 0) is 4.79 Å². The van der Waals surface area contributed by atoms with E-state index in [1.165, 1.54) is 6.08 Å². The van der Waals surface area contributed by atoms with E-state index in [4.69, 9.17) is 15.2 Å². The minimum absolute atomic E-state index is 0.0581. The molecule has 2 amide bonds. The van der Waals surface area contributed by atoms with Crippen molar-refractivity contribution in [3.8, 4) is 23.1 Å². The zero-order chi connectivity index (χ0) is 23.9. The van der Waals surface area contributed by atoms with Crippen molar-refractivity contribution in [2.45, 2.75) is 18.9 Å². The zero-order valence-electron chi connectivity index (χ0n) is 18.6. The van der Waals surface area contributed by atoms with Crippen LogP contribution in [0.25, 0.3) is 0 Å². The summed E-state index contributed by atoms with van der Waals surface area (Å²) in [5.74, 6) is 1.31. The summed E-state index contributed by atoms with van der Waals surface area (Å²) in [6.07, 6.45) is 4.50. The first-order valence-corrected chi connectivity index (χ1v) is 11.0. The fraction of sp³-hybridized carbons (Fsp3) is 0.192. The lowest BCUT2D eigenvalue weighted by molar-refractivity contribution is -0.126. The van der Waals surface area contributed by atoms with Crippen LogP contribution in [0, 0.1) is 0 Å². The van der Waals surface area contributed by atoms with Crippen LogP contribution in [-0.4, -0.2) is 40.8 Å². The van der Waals surface area contributed by atoms with E-state index in [-0.39, 0.29) is 23.4 Å². The van der Waals surface area contributed by atoms with Gasteiger partial charge in [0, 0.05) is 19.1 Å². The van der Waals surface area contributed by atoms with E-state index in [2.05, 4.69) is 16.9 Å². The predicted octanol–water partition coefficient (Wildman–Crippen LogP) is 4.35. The smallest absolute Gasteiger partial charge is 0.254 e. The number of nitrogens with zero attached hydrogens (tertiary/aromatic N) is 2. The summed E-state index contributed by atoms with van der Waals surface area (Å²) in [6, 6.07) is 18.2. The maximum atomic E-state index is 12.1. The molecule has 1 aliphatic heterocycles. The number of anilines is 1. The van der Waals surface area contributed by atoms with Crippen molar-refractivity contribution in [2.75, 3.05) is 18.4 Å². The number of para-hydroxylation sites is 1. The number of nitrogens with two attached hydrogens (primary N) is 1. The Morgan fingerprint density at radius 2 is 1.62 bits per heavy atom. The van der Waals surface area contributed by atoms with Crippen molar-refractivity contribution in [3.63, 3.8) is 0 Å². The van der Waals surface area contributed by atoms with Crippen molar-refractivity contribution in [2.24, 2.45) is 5.73 Å². The Balaban J connectivity index is 1.40. The van der Waals surface area contributed by atoms with Gasteiger partial charge in [-0.15, -0.1) is 0 Å². The molecule has 0 atom stereocenters. The number of hydrogen-bond acceptors (Lipinski definition) is 6. The molecule has 34 heavy (non-hydrogen) atoms. The molecule has 2 aromatic carbocycles. The lowest BCUT2D eigenvalue weighted by atomic mass is 10.0. The van der Waals surface area contributed by atoms with Gasteiger partial charge in [-0.25, -0.2) is 4.98 Å². The Labute approximate surface area is 198 Å². The standard InChI is InChI=1S/C26H26N4O4/c1-2-24(31)30-14-12-18(13-15-30)29-19-16-23(25(27)32)26(28-17-19)34-22-10-8-21(9-11-22)33-20-6-4-3-5-7-20/h2-11,16-18,29H,1,12-15H2,(H2,27,32). The Morgan fingerprint density at radius 3 is 2.24 bits per heavy atom. The van der Waals surface area contributed by atoms with Crippen LogP contribution in [0.2, 0.25) is 0 Å². The first-order chi connectivity index (χ1) is 16.5. The van der Waals surface area contributed by atoms with Crippen molar-refractivity contribution in [1.29, 1.82) is 0 Å². The molecule has 2 heterocycles. The highest BCUT2D eigenvalue weighted by molar-refractivity contribution is 5.96. The normalized spacial score (nSPS) is 13.7. The minimum Gasteiger partial charge on any atom is -0.457 e. The number of nitrogens with one attached hydrogen (secondary N) is 1. The third kappa shape index (κ3) is 5.72. The van der Waals surface area contributed by atoms with Crippen molar-refractivity contribution in [1.82, 2.24) is 9.88 Å². The second-order valence-corrected chi connectivity index (χ2v) is 7.88. The summed E-state index contributed by atoms with van der Waals surface area (Å²) < 4.78 is 11.6. The average Bonchev–Trinajstić information content (AvgIpc) is 2.86. The number of carbonyl (C=O) groups is 2. The molecule has 4 rings (SSSR count). The summed E-state index contributed by atoms with van der Waals surface area (Å²) >= 11 is 0. The minimum atomic E-state index is -0.637. The molecule has 3 N–H and O–H groups in total. The second-order valence-electron chi connectivity index (χ2n) is 7.88. The molecule has 0 bridgehead atoms. The zero-order valence-corrected chi connectivity index (χ0v) is 18.6. The van der Waals surface area contributed by atoms with Gasteiger partial charge in [-0.05, 0) is 61.4 Å². The number of primary amides is 1. The highest BCUT2D eigenvalue weighted by atomic mass is 16.5. The highest BCUT2D eigenvalue weighted by Crippen LogP contribution is 2.29. The lowest BCUT2D eigenvalue weighted by Gasteiger charge is -2.32. The molecule has 0 saturated carbocycles. The largest absolute Gasteiger partial charge is 0.457 e. The van der Waals surface area contributed by atoms with Crippen LogP contribution in [0.5, 0.6) is 23.1 Å². The van der Waals surface area contributed by atoms with Gasteiger partial charge in [0.05, 0.1) is 11.9 Å². The number of hydrogen-bond donors (Lipinski definition) is 2. The summed E-state index contributed by atoms with van der Waals surface area (Å²) in [5.41, 5.74) is 6.43. The van der Waals surface area contributed by atoms with E-state index >= 15 is 0 Å². The Hall–Kier alpha value is -4.33. The molecule has 0 radical (unpaired) electrons. The molecule has 1 fully saturated rings. The van der Waals surface area contributed by atoms with Crippen LogP contribution >= 0.6 is 0 Å². The molecule has 0 spiro atoms. The molecule has 1 aromatic heterocycles. The number of likely N-dealkylation sites (tertiary alicyclic amines) is 1. The number of piperidine rings is 1. The lowest BCUT2D eigenvalue weighted by Crippen LogP contribution is -2.41. The molecule has 3 aromatic rings. The summed E-state index contributed by atoms with van der Waals surface area (Å²) in [5, 5.41) is 3.37. The maximum absolute atomic E-state index is 12.1. The second kappa shape index (κ2) is 10.5. The fourth-order valence-electron chi connectivity index (χ4n) is 3.71. The summed E-state index contributed by atoms with van der Waals surface area (Å²) in [6.45, 7) is 4.82. The molecule has 0 aliphatic carbocycles. The fourth-order valence-corrected chi connectivity index (χ4v) is 3.71. The van der Waals surface area contributed by atoms with Gasteiger partial charge in [0.2, 0.25) is 11.8 Å². The molecule has 8 nitrogen and oxygen atoms in total. The monoisotopic (exact) mass is 458 g/mol. The van der Waals surface area contributed by atoms with E-state index in [1.54, 1.807) is 41.4 Å². The third-order valence-corrected chi connectivity index (χ3v) is 5.49. The van der Waals surface area contributed by atoms with E-state index < -0.39 is 5.91 Å². The first-order valence-electron chi connectivity index (χ1n) is 11.0. The summed E-state index contributed by atoms with van der Waals surface area (Å²) in [7, 11) is 0. The van der Waals surface area contributed by atoms with Crippen LogP contribution in [0.4, 0.5) is 5.69 Å². The summed E-state index contributed by atoms with van der Waals surface area (Å²) in [4.78, 5) is 29.9. The highest BCUT2D eigenvalue weighted by Gasteiger charge is 2.22. The number of carbonyl (C=O) groups excluding carboxylic acids is 2. The number of pyridine rings is 1. The van der Waals surface area contributed by atoms with Crippen molar-refractivity contribution >= 4 is 17.5 Å². The predicted molar refractivity (Wildman–Crippen MR) is 129 cm³/mol. The van der Waals surface area contributed by atoms with Gasteiger partial charge in [-0.3, -0.25) is 9.59 Å². The number of rotatable bonds is 8. The van der Waals surface area contributed by atoms with Gasteiger partial charge >= 0.3 is 0 Å². The molecule has 1 saturated heterocycles. The average molecular weight is 459 g/mol.